The molecule has 1 fully saturated rings. The van der Waals surface area contributed by atoms with Gasteiger partial charge in [0.05, 0.1) is 11.1 Å². The lowest BCUT2D eigenvalue weighted by atomic mass is 9.95. The third-order valence-corrected chi connectivity index (χ3v) is 6.63. The highest BCUT2D eigenvalue weighted by atomic mass is 35.5. The van der Waals surface area contributed by atoms with E-state index in [4.69, 9.17) is 11.6 Å². The van der Waals surface area contributed by atoms with E-state index in [0.717, 1.165) is 6.26 Å². The summed E-state index contributed by atoms with van der Waals surface area (Å²) < 4.78 is 36.2. The molecule has 1 unspecified atom stereocenters. The predicted octanol–water partition coefficient (Wildman–Crippen LogP) is 1.82. The molecule has 5 nitrogen and oxygen atoms in total. The molecule has 1 saturated heterocycles. The van der Waals surface area contributed by atoms with Gasteiger partial charge in [-0.05, 0) is 50.6 Å². The van der Waals surface area contributed by atoms with Gasteiger partial charge in [-0.3, -0.25) is 4.79 Å². The van der Waals surface area contributed by atoms with Crippen molar-refractivity contribution in [3.8, 4) is 0 Å². The highest BCUT2D eigenvalue weighted by Crippen LogP contribution is 2.29. The van der Waals surface area contributed by atoms with Crippen molar-refractivity contribution < 1.29 is 17.6 Å². The largest absolute Gasteiger partial charge is 0.348 e. The molecule has 0 aromatic heterocycles. The van der Waals surface area contributed by atoms with Gasteiger partial charge < -0.3 is 10.6 Å². The molecular formula is C15H20ClFN2O3S. The van der Waals surface area contributed by atoms with Crippen LogP contribution in [0.25, 0.3) is 0 Å². The molecule has 2 N–H and O–H groups in total. The van der Waals surface area contributed by atoms with Gasteiger partial charge in [-0.15, -0.1) is 0 Å². The van der Waals surface area contributed by atoms with Crippen molar-refractivity contribution in [1.29, 1.82) is 0 Å². The first kappa shape index (κ1) is 18.2. The Morgan fingerprint density at radius 1 is 1.39 bits per heavy atom. The summed E-state index contributed by atoms with van der Waals surface area (Å²) in [5.74, 6) is -1.06. The van der Waals surface area contributed by atoms with E-state index in [0.29, 0.717) is 18.7 Å². The van der Waals surface area contributed by atoms with Crippen molar-refractivity contribution in [3.05, 3.63) is 34.6 Å². The second-order valence-corrected chi connectivity index (χ2v) is 8.62. The smallest absolute Gasteiger partial charge is 0.242 e. The fourth-order valence-electron chi connectivity index (χ4n) is 2.79. The molecule has 0 radical (unpaired) electrons. The highest BCUT2D eigenvalue weighted by Gasteiger charge is 2.48. The lowest BCUT2D eigenvalue weighted by molar-refractivity contribution is -0.125. The predicted molar refractivity (Wildman–Crippen MR) is 87.6 cm³/mol. The van der Waals surface area contributed by atoms with E-state index < -0.39 is 32.4 Å². The molecule has 0 aliphatic carbocycles. The van der Waals surface area contributed by atoms with E-state index in [2.05, 4.69) is 10.6 Å². The first-order valence-corrected chi connectivity index (χ1v) is 9.60. The lowest BCUT2D eigenvalue weighted by Gasteiger charge is -2.35. The zero-order valence-electron chi connectivity index (χ0n) is 13.0. The number of benzene rings is 1. The van der Waals surface area contributed by atoms with Crippen LogP contribution >= 0.6 is 11.6 Å². The van der Waals surface area contributed by atoms with Crippen molar-refractivity contribution in [2.24, 2.45) is 0 Å². The monoisotopic (exact) mass is 362 g/mol. The van der Waals surface area contributed by atoms with Gasteiger partial charge in [0.25, 0.3) is 0 Å². The Hall–Kier alpha value is -1.18. The van der Waals surface area contributed by atoms with E-state index in [1.54, 1.807) is 6.92 Å². The van der Waals surface area contributed by atoms with Crippen molar-refractivity contribution in [1.82, 2.24) is 10.6 Å². The number of piperidine rings is 1. The number of halogens is 2. The summed E-state index contributed by atoms with van der Waals surface area (Å²) in [6.07, 6.45) is 1.56. The summed E-state index contributed by atoms with van der Waals surface area (Å²) in [6, 6.07) is 3.69. The maximum atomic E-state index is 13.2. The third-order valence-electron chi connectivity index (χ3n) is 4.33. The first-order valence-electron chi connectivity index (χ1n) is 7.33. The van der Waals surface area contributed by atoms with Crippen LogP contribution in [-0.2, 0) is 14.6 Å². The Labute approximate surface area is 140 Å². The molecule has 0 bridgehead atoms. The molecule has 1 aliphatic heterocycles. The van der Waals surface area contributed by atoms with Gasteiger partial charge in [-0.2, -0.15) is 0 Å². The molecule has 1 atom stereocenters. The van der Waals surface area contributed by atoms with Crippen LogP contribution in [0.4, 0.5) is 4.39 Å². The van der Waals surface area contributed by atoms with Crippen LogP contribution < -0.4 is 10.6 Å². The van der Waals surface area contributed by atoms with E-state index >= 15 is 0 Å². The minimum Gasteiger partial charge on any atom is -0.348 e. The van der Waals surface area contributed by atoms with Crippen LogP contribution in [-0.4, -0.2) is 38.4 Å². The summed E-state index contributed by atoms with van der Waals surface area (Å²) in [5.41, 5.74) is 0.613. The number of hydrogen-bond acceptors (Lipinski definition) is 4. The number of nitrogens with one attached hydrogen (secondary N) is 2. The van der Waals surface area contributed by atoms with Crippen LogP contribution in [0.5, 0.6) is 0 Å². The Kier molecular flexibility index (Phi) is 5.33. The van der Waals surface area contributed by atoms with Crippen molar-refractivity contribution in [3.63, 3.8) is 0 Å². The number of rotatable bonds is 4. The topological polar surface area (TPSA) is 75.3 Å². The molecule has 2 rings (SSSR count). The Morgan fingerprint density at radius 2 is 2.00 bits per heavy atom. The first-order chi connectivity index (χ1) is 10.7. The van der Waals surface area contributed by atoms with E-state index in [1.807, 2.05) is 0 Å². The van der Waals surface area contributed by atoms with Crippen LogP contribution in [0.15, 0.2) is 18.2 Å². The standard InChI is InChI=1S/C15H20ClFN2O3S/c1-10(11-3-4-13(17)12(16)9-11)19-14(20)15(23(2,21)22)5-7-18-8-6-15/h3-4,9-10,18H,5-8H2,1-2H3,(H,19,20). The maximum absolute atomic E-state index is 13.2. The SMILES string of the molecule is CC(NC(=O)C1(S(C)(=O)=O)CCNCC1)c1ccc(F)c(Cl)c1. The average molecular weight is 363 g/mol. The molecule has 0 spiro atoms. The van der Waals surface area contributed by atoms with Crippen LogP contribution in [0.1, 0.15) is 31.4 Å². The van der Waals surface area contributed by atoms with Crippen LogP contribution in [0.3, 0.4) is 0 Å². The van der Waals surface area contributed by atoms with Gasteiger partial charge in [0.1, 0.15) is 5.82 Å². The number of sulfone groups is 1. The summed E-state index contributed by atoms with van der Waals surface area (Å²) in [4.78, 5) is 12.7. The lowest BCUT2D eigenvalue weighted by Crippen LogP contribution is -2.57. The quantitative estimate of drug-likeness (QED) is 0.856. The van der Waals surface area contributed by atoms with Gasteiger partial charge in [0, 0.05) is 6.26 Å². The molecular weight excluding hydrogens is 343 g/mol. The zero-order valence-corrected chi connectivity index (χ0v) is 14.6. The molecule has 23 heavy (non-hydrogen) atoms. The van der Waals surface area contributed by atoms with E-state index in [1.165, 1.54) is 18.2 Å². The number of carbonyl (C=O) groups is 1. The third kappa shape index (κ3) is 3.67. The minimum absolute atomic E-state index is 0.0386. The van der Waals surface area contributed by atoms with Gasteiger partial charge in [0.15, 0.2) is 14.6 Å². The number of carbonyl (C=O) groups excluding carboxylic acids is 1. The summed E-state index contributed by atoms with van der Waals surface area (Å²) in [5, 5.41) is 5.76. The van der Waals surface area contributed by atoms with E-state index in [9.17, 15) is 17.6 Å². The molecule has 128 valence electrons. The zero-order chi connectivity index (χ0) is 17.3. The number of amides is 1. The summed E-state index contributed by atoms with van der Waals surface area (Å²) in [7, 11) is -3.57. The van der Waals surface area contributed by atoms with Crippen molar-refractivity contribution >= 4 is 27.3 Å². The van der Waals surface area contributed by atoms with Gasteiger partial charge in [-0.1, -0.05) is 17.7 Å². The summed E-state index contributed by atoms with van der Waals surface area (Å²) in [6.45, 7) is 2.65. The normalized spacial score (nSPS) is 19.1. The Morgan fingerprint density at radius 3 is 2.52 bits per heavy atom. The Bertz CT molecular complexity index is 703. The minimum atomic E-state index is -3.57. The Balaban J connectivity index is 2.23. The van der Waals surface area contributed by atoms with Crippen LogP contribution in [0.2, 0.25) is 5.02 Å². The highest BCUT2D eigenvalue weighted by molar-refractivity contribution is 7.92. The maximum Gasteiger partial charge on any atom is 0.242 e. The van der Waals surface area contributed by atoms with Gasteiger partial charge >= 0.3 is 0 Å². The second-order valence-electron chi connectivity index (χ2n) is 5.89. The fraction of sp³-hybridized carbons (Fsp3) is 0.533. The second kappa shape index (κ2) is 6.75. The molecule has 1 aliphatic rings. The fourth-order valence-corrected chi connectivity index (χ4v) is 4.32. The van der Waals surface area contributed by atoms with Crippen molar-refractivity contribution in [2.75, 3.05) is 19.3 Å². The molecule has 1 aromatic carbocycles. The van der Waals surface area contributed by atoms with Gasteiger partial charge in [-0.25, -0.2) is 12.8 Å². The molecule has 1 aromatic rings. The number of hydrogen-bond donors (Lipinski definition) is 2. The van der Waals surface area contributed by atoms with E-state index in [-0.39, 0.29) is 17.9 Å². The van der Waals surface area contributed by atoms with Gasteiger partial charge in [0.2, 0.25) is 5.91 Å². The van der Waals surface area contributed by atoms with Crippen LogP contribution in [0, 0.1) is 5.82 Å². The summed E-state index contributed by atoms with van der Waals surface area (Å²) >= 11 is 5.75. The van der Waals surface area contributed by atoms with Crippen molar-refractivity contribution in [2.45, 2.75) is 30.6 Å². The molecule has 1 heterocycles. The molecule has 1 amide bonds. The average Bonchev–Trinajstić information content (AvgIpc) is 2.49. The molecule has 8 heteroatoms. The molecule has 0 saturated carbocycles.